The summed E-state index contributed by atoms with van der Waals surface area (Å²) in [6.07, 6.45) is 1.47. The quantitative estimate of drug-likeness (QED) is 0.895. The highest BCUT2D eigenvalue weighted by Gasteiger charge is 2.08. The average Bonchev–Trinajstić information content (AvgIpc) is 2.34. The average molecular weight is 311 g/mol. The number of amides is 1. The molecule has 0 fully saturated rings. The molecule has 1 aromatic carbocycles. The standard InChI is InChI=1S/C12H8BrFN2O2/c13-8-5-10(12(18)15-6-8)16-11(17)7-1-3-9(14)4-2-7/h1-6H,(H,15,18)(H,16,17). The van der Waals surface area contributed by atoms with Crippen molar-refractivity contribution in [1.82, 2.24) is 4.98 Å². The third-order valence-electron chi connectivity index (χ3n) is 2.22. The van der Waals surface area contributed by atoms with Crippen molar-refractivity contribution >= 4 is 27.5 Å². The summed E-state index contributed by atoms with van der Waals surface area (Å²) in [6, 6.07) is 6.54. The zero-order valence-electron chi connectivity index (χ0n) is 9.04. The monoisotopic (exact) mass is 310 g/mol. The molecule has 0 saturated heterocycles. The lowest BCUT2D eigenvalue weighted by molar-refractivity contribution is 0.102. The smallest absolute Gasteiger partial charge is 0.271 e. The zero-order valence-corrected chi connectivity index (χ0v) is 10.6. The molecule has 1 amide bonds. The number of benzene rings is 1. The molecule has 0 bridgehead atoms. The van der Waals surface area contributed by atoms with E-state index in [1.807, 2.05) is 0 Å². The van der Waals surface area contributed by atoms with Crippen LogP contribution >= 0.6 is 15.9 Å². The van der Waals surface area contributed by atoms with Gasteiger partial charge in [0.15, 0.2) is 0 Å². The lowest BCUT2D eigenvalue weighted by Gasteiger charge is -2.04. The van der Waals surface area contributed by atoms with Crippen molar-refractivity contribution < 1.29 is 9.18 Å². The topological polar surface area (TPSA) is 62.0 Å². The fourth-order valence-corrected chi connectivity index (χ4v) is 1.69. The minimum Gasteiger partial charge on any atom is -0.326 e. The van der Waals surface area contributed by atoms with Crippen molar-refractivity contribution in [2.24, 2.45) is 0 Å². The van der Waals surface area contributed by atoms with Gasteiger partial charge in [-0.2, -0.15) is 0 Å². The van der Waals surface area contributed by atoms with Gasteiger partial charge >= 0.3 is 0 Å². The predicted octanol–water partition coefficient (Wildman–Crippen LogP) is 2.53. The van der Waals surface area contributed by atoms with Gasteiger partial charge in [0.05, 0.1) is 0 Å². The molecule has 18 heavy (non-hydrogen) atoms. The van der Waals surface area contributed by atoms with Gasteiger partial charge in [-0.3, -0.25) is 9.59 Å². The van der Waals surface area contributed by atoms with Gasteiger partial charge < -0.3 is 10.3 Å². The highest BCUT2D eigenvalue weighted by molar-refractivity contribution is 9.10. The van der Waals surface area contributed by atoms with Crippen molar-refractivity contribution in [3.05, 3.63) is 62.7 Å². The normalized spacial score (nSPS) is 10.1. The number of aromatic amines is 1. The van der Waals surface area contributed by atoms with Crippen molar-refractivity contribution in [2.75, 3.05) is 5.32 Å². The number of H-pyrrole nitrogens is 1. The van der Waals surface area contributed by atoms with Crippen LogP contribution in [0.1, 0.15) is 10.4 Å². The predicted molar refractivity (Wildman–Crippen MR) is 69.1 cm³/mol. The van der Waals surface area contributed by atoms with E-state index in [1.54, 1.807) is 0 Å². The molecule has 0 saturated carbocycles. The van der Waals surface area contributed by atoms with Crippen molar-refractivity contribution in [2.45, 2.75) is 0 Å². The zero-order chi connectivity index (χ0) is 13.1. The van der Waals surface area contributed by atoms with E-state index >= 15 is 0 Å². The van der Waals surface area contributed by atoms with E-state index in [9.17, 15) is 14.0 Å². The van der Waals surface area contributed by atoms with E-state index in [0.29, 0.717) is 4.47 Å². The Morgan fingerprint density at radius 2 is 1.94 bits per heavy atom. The third kappa shape index (κ3) is 2.84. The SMILES string of the molecule is O=C(Nc1cc(Br)c[nH]c1=O)c1ccc(F)cc1. The van der Waals surface area contributed by atoms with E-state index in [4.69, 9.17) is 0 Å². The van der Waals surface area contributed by atoms with Crippen LogP contribution in [-0.2, 0) is 0 Å². The number of nitrogens with one attached hydrogen (secondary N) is 2. The first-order chi connectivity index (χ1) is 8.56. The van der Waals surface area contributed by atoms with Crippen LogP contribution in [0.4, 0.5) is 10.1 Å². The maximum absolute atomic E-state index is 12.7. The largest absolute Gasteiger partial charge is 0.326 e. The number of hydrogen-bond donors (Lipinski definition) is 2. The molecular formula is C12H8BrFN2O2. The Morgan fingerprint density at radius 3 is 2.61 bits per heavy atom. The van der Waals surface area contributed by atoms with E-state index in [2.05, 4.69) is 26.2 Å². The Hall–Kier alpha value is -1.95. The molecule has 2 aromatic rings. The fraction of sp³-hybridized carbons (Fsp3) is 0. The second-order valence-corrected chi connectivity index (χ2v) is 4.44. The summed E-state index contributed by atoms with van der Waals surface area (Å²) in [4.78, 5) is 25.7. The van der Waals surface area contributed by atoms with E-state index in [1.165, 1.54) is 36.5 Å². The number of halogens is 2. The molecule has 92 valence electrons. The van der Waals surface area contributed by atoms with E-state index in [0.717, 1.165) is 0 Å². The van der Waals surface area contributed by atoms with Crippen LogP contribution in [0.25, 0.3) is 0 Å². The summed E-state index contributed by atoms with van der Waals surface area (Å²) in [7, 11) is 0. The van der Waals surface area contributed by atoms with Gasteiger partial charge in [-0.05, 0) is 46.3 Å². The maximum atomic E-state index is 12.7. The Bertz CT molecular complexity index is 637. The molecule has 0 aliphatic heterocycles. The summed E-state index contributed by atoms with van der Waals surface area (Å²) in [6.45, 7) is 0. The lowest BCUT2D eigenvalue weighted by atomic mass is 10.2. The molecule has 2 N–H and O–H groups in total. The number of pyridine rings is 1. The van der Waals surface area contributed by atoms with Crippen LogP contribution in [0.3, 0.4) is 0 Å². The van der Waals surface area contributed by atoms with Gasteiger partial charge in [0, 0.05) is 16.2 Å². The molecule has 1 aromatic heterocycles. The van der Waals surface area contributed by atoms with Crippen LogP contribution < -0.4 is 10.9 Å². The summed E-state index contributed by atoms with van der Waals surface area (Å²) in [5.74, 6) is -0.898. The van der Waals surface area contributed by atoms with E-state index < -0.39 is 17.3 Å². The Morgan fingerprint density at radius 1 is 1.28 bits per heavy atom. The number of hydrogen-bond acceptors (Lipinski definition) is 2. The highest BCUT2D eigenvalue weighted by Crippen LogP contribution is 2.11. The molecule has 0 spiro atoms. The highest BCUT2D eigenvalue weighted by atomic mass is 79.9. The number of carbonyl (C=O) groups is 1. The number of aromatic nitrogens is 1. The second kappa shape index (κ2) is 5.14. The molecule has 0 aliphatic rings. The van der Waals surface area contributed by atoms with Crippen molar-refractivity contribution in [1.29, 1.82) is 0 Å². The molecule has 0 unspecified atom stereocenters. The first kappa shape index (κ1) is 12.5. The Kier molecular flexibility index (Phi) is 3.57. The Labute approximate surface area is 110 Å². The number of anilines is 1. The van der Waals surface area contributed by atoms with Crippen LogP contribution in [0.5, 0.6) is 0 Å². The fourth-order valence-electron chi connectivity index (χ4n) is 1.35. The second-order valence-electron chi connectivity index (χ2n) is 3.52. The minimum atomic E-state index is -0.474. The summed E-state index contributed by atoms with van der Waals surface area (Å²) in [5, 5.41) is 2.45. The van der Waals surface area contributed by atoms with Gasteiger partial charge in [0.25, 0.3) is 11.5 Å². The van der Waals surface area contributed by atoms with Gasteiger partial charge in [0.2, 0.25) is 0 Å². The van der Waals surface area contributed by atoms with E-state index in [-0.39, 0.29) is 11.3 Å². The first-order valence-corrected chi connectivity index (χ1v) is 5.81. The molecule has 0 atom stereocenters. The van der Waals surface area contributed by atoms with Gasteiger partial charge in [0.1, 0.15) is 11.5 Å². The molecule has 2 rings (SSSR count). The van der Waals surface area contributed by atoms with Gasteiger partial charge in [-0.15, -0.1) is 0 Å². The number of carbonyl (C=O) groups excluding carboxylic acids is 1. The van der Waals surface area contributed by atoms with Gasteiger partial charge in [-0.1, -0.05) is 0 Å². The van der Waals surface area contributed by atoms with Crippen LogP contribution in [-0.4, -0.2) is 10.9 Å². The van der Waals surface area contributed by atoms with Crippen molar-refractivity contribution in [3.63, 3.8) is 0 Å². The molecular weight excluding hydrogens is 303 g/mol. The van der Waals surface area contributed by atoms with Crippen LogP contribution in [0, 0.1) is 5.82 Å². The van der Waals surface area contributed by atoms with Crippen molar-refractivity contribution in [3.8, 4) is 0 Å². The maximum Gasteiger partial charge on any atom is 0.271 e. The molecule has 0 aliphatic carbocycles. The summed E-state index contributed by atoms with van der Waals surface area (Å²) < 4.78 is 13.3. The molecule has 1 heterocycles. The molecule has 6 heteroatoms. The van der Waals surface area contributed by atoms with Crippen LogP contribution in [0.15, 0.2) is 45.8 Å². The third-order valence-corrected chi connectivity index (χ3v) is 2.68. The minimum absolute atomic E-state index is 0.124. The summed E-state index contributed by atoms with van der Waals surface area (Å²) in [5.41, 5.74) is -0.0110. The van der Waals surface area contributed by atoms with Gasteiger partial charge in [-0.25, -0.2) is 4.39 Å². The Balaban J connectivity index is 2.24. The number of rotatable bonds is 2. The summed E-state index contributed by atoms with van der Waals surface area (Å²) >= 11 is 3.18. The molecule has 4 nitrogen and oxygen atoms in total. The first-order valence-electron chi connectivity index (χ1n) is 5.01. The van der Waals surface area contributed by atoms with Crippen LogP contribution in [0.2, 0.25) is 0 Å². The molecule has 0 radical (unpaired) electrons. The lowest BCUT2D eigenvalue weighted by Crippen LogP contribution is -2.19.